The summed E-state index contributed by atoms with van der Waals surface area (Å²) in [6.07, 6.45) is 0. The van der Waals surface area contributed by atoms with Crippen molar-refractivity contribution in [1.82, 2.24) is 5.32 Å². The highest BCUT2D eigenvalue weighted by Crippen LogP contribution is 2.19. The average Bonchev–Trinajstić information content (AvgIpc) is 2.47. The number of aryl methyl sites for hydroxylation is 1. The Morgan fingerprint density at radius 2 is 2.05 bits per heavy atom. The number of nitrogen functional groups attached to an aromatic ring is 1. The predicted octanol–water partition coefficient (Wildman–Crippen LogP) is 3.04. The molecule has 21 heavy (non-hydrogen) atoms. The van der Waals surface area contributed by atoms with Crippen molar-refractivity contribution in [3.63, 3.8) is 0 Å². The second-order valence-electron chi connectivity index (χ2n) is 4.60. The van der Waals surface area contributed by atoms with Gasteiger partial charge in [0.2, 0.25) is 0 Å². The van der Waals surface area contributed by atoms with Gasteiger partial charge in [0.15, 0.2) is 0 Å². The molecule has 1 amide bonds. The minimum atomic E-state index is -0.167. The Morgan fingerprint density at radius 1 is 1.29 bits per heavy atom. The molecule has 0 fully saturated rings. The fourth-order valence-corrected chi connectivity index (χ4v) is 2.04. The van der Waals surface area contributed by atoms with Crippen LogP contribution in [0, 0.1) is 6.92 Å². The summed E-state index contributed by atoms with van der Waals surface area (Å²) in [4.78, 5) is 12.0. The van der Waals surface area contributed by atoms with Gasteiger partial charge in [-0.15, -0.1) is 0 Å². The normalized spacial score (nSPS) is 10.2. The highest BCUT2D eigenvalue weighted by atomic mass is 35.5. The Balaban J connectivity index is 1.85. The number of hydrogen-bond acceptors (Lipinski definition) is 3. The predicted molar refractivity (Wildman–Crippen MR) is 84.9 cm³/mol. The van der Waals surface area contributed by atoms with Gasteiger partial charge in [-0.1, -0.05) is 29.8 Å². The lowest BCUT2D eigenvalue weighted by atomic mass is 10.1. The number of ether oxygens (including phenoxy) is 1. The first-order chi connectivity index (χ1) is 10.1. The van der Waals surface area contributed by atoms with E-state index in [1.165, 1.54) is 0 Å². The van der Waals surface area contributed by atoms with E-state index in [1.807, 2.05) is 25.1 Å². The highest BCUT2D eigenvalue weighted by molar-refractivity contribution is 6.31. The van der Waals surface area contributed by atoms with Crippen LogP contribution in [-0.4, -0.2) is 19.1 Å². The molecular formula is C16H17ClN2O2. The number of hydrogen-bond donors (Lipinski definition) is 2. The van der Waals surface area contributed by atoms with E-state index in [0.717, 1.165) is 5.56 Å². The summed E-state index contributed by atoms with van der Waals surface area (Å²) in [5, 5.41) is 3.33. The molecule has 110 valence electrons. The standard InChI is InChI=1S/C16H17ClN2O2/c1-11-6-7-12(17)10-13(11)16(20)19-8-9-21-15-5-3-2-4-14(15)18/h2-7,10H,8-9,18H2,1H3,(H,19,20). The van der Waals surface area contributed by atoms with Crippen LogP contribution >= 0.6 is 11.6 Å². The molecule has 0 saturated carbocycles. The molecule has 0 heterocycles. The summed E-state index contributed by atoms with van der Waals surface area (Å²) >= 11 is 5.90. The molecule has 0 aliphatic rings. The second kappa shape index (κ2) is 6.99. The van der Waals surface area contributed by atoms with E-state index in [0.29, 0.717) is 35.2 Å². The van der Waals surface area contributed by atoms with Gasteiger partial charge in [-0.3, -0.25) is 4.79 Å². The van der Waals surface area contributed by atoms with Gasteiger partial charge in [0.1, 0.15) is 12.4 Å². The van der Waals surface area contributed by atoms with E-state index in [2.05, 4.69) is 5.32 Å². The third-order valence-electron chi connectivity index (χ3n) is 3.01. The van der Waals surface area contributed by atoms with Gasteiger partial charge in [-0.25, -0.2) is 0 Å². The SMILES string of the molecule is Cc1ccc(Cl)cc1C(=O)NCCOc1ccccc1N. The number of nitrogens with two attached hydrogens (primary N) is 1. The van der Waals surface area contributed by atoms with Crippen molar-refractivity contribution >= 4 is 23.2 Å². The van der Waals surface area contributed by atoms with Gasteiger partial charge < -0.3 is 15.8 Å². The third-order valence-corrected chi connectivity index (χ3v) is 3.24. The molecule has 2 rings (SSSR count). The van der Waals surface area contributed by atoms with E-state index < -0.39 is 0 Å². The zero-order valence-corrected chi connectivity index (χ0v) is 12.5. The maximum absolute atomic E-state index is 12.0. The van der Waals surface area contributed by atoms with Crippen molar-refractivity contribution in [3.8, 4) is 5.75 Å². The Labute approximate surface area is 128 Å². The minimum Gasteiger partial charge on any atom is -0.490 e. The highest BCUT2D eigenvalue weighted by Gasteiger charge is 2.09. The lowest BCUT2D eigenvalue weighted by molar-refractivity contribution is 0.0946. The molecule has 0 spiro atoms. The summed E-state index contributed by atoms with van der Waals surface area (Å²) in [7, 11) is 0. The molecule has 0 unspecified atom stereocenters. The number of anilines is 1. The van der Waals surface area contributed by atoms with Crippen LogP contribution in [0.1, 0.15) is 15.9 Å². The molecule has 0 aromatic heterocycles. The summed E-state index contributed by atoms with van der Waals surface area (Å²) < 4.78 is 5.51. The number of amides is 1. The maximum Gasteiger partial charge on any atom is 0.251 e. The van der Waals surface area contributed by atoms with E-state index in [1.54, 1.807) is 24.3 Å². The van der Waals surface area contributed by atoms with Crippen LogP contribution in [0.5, 0.6) is 5.75 Å². The van der Waals surface area contributed by atoms with Crippen LogP contribution in [0.25, 0.3) is 0 Å². The Morgan fingerprint density at radius 3 is 2.81 bits per heavy atom. The molecule has 4 nitrogen and oxygen atoms in total. The molecule has 2 aromatic rings. The van der Waals surface area contributed by atoms with Gasteiger partial charge in [0.25, 0.3) is 5.91 Å². The minimum absolute atomic E-state index is 0.167. The van der Waals surface area contributed by atoms with Crippen LogP contribution in [0.4, 0.5) is 5.69 Å². The fourth-order valence-electron chi connectivity index (χ4n) is 1.87. The van der Waals surface area contributed by atoms with Crippen LogP contribution < -0.4 is 15.8 Å². The Kier molecular flexibility index (Phi) is 5.06. The summed E-state index contributed by atoms with van der Waals surface area (Å²) in [6.45, 7) is 2.60. The van der Waals surface area contributed by atoms with Crippen LogP contribution in [0.2, 0.25) is 5.02 Å². The van der Waals surface area contributed by atoms with E-state index in [9.17, 15) is 4.79 Å². The van der Waals surface area contributed by atoms with Gasteiger partial charge >= 0.3 is 0 Å². The number of para-hydroxylation sites is 2. The molecule has 0 bridgehead atoms. The zero-order valence-electron chi connectivity index (χ0n) is 11.7. The molecular weight excluding hydrogens is 288 g/mol. The van der Waals surface area contributed by atoms with E-state index >= 15 is 0 Å². The Bertz CT molecular complexity index is 644. The van der Waals surface area contributed by atoms with Crippen LogP contribution in [0.15, 0.2) is 42.5 Å². The quantitative estimate of drug-likeness (QED) is 0.659. The average molecular weight is 305 g/mol. The number of carbonyl (C=O) groups is 1. The maximum atomic E-state index is 12.0. The molecule has 2 aromatic carbocycles. The smallest absolute Gasteiger partial charge is 0.251 e. The lowest BCUT2D eigenvalue weighted by Gasteiger charge is -2.10. The van der Waals surface area contributed by atoms with Crippen LogP contribution in [0.3, 0.4) is 0 Å². The number of carbonyl (C=O) groups excluding carboxylic acids is 1. The molecule has 0 saturated heterocycles. The number of rotatable bonds is 5. The largest absolute Gasteiger partial charge is 0.490 e. The van der Waals surface area contributed by atoms with Gasteiger partial charge in [-0.2, -0.15) is 0 Å². The van der Waals surface area contributed by atoms with Crippen molar-refractivity contribution in [1.29, 1.82) is 0 Å². The first kappa shape index (κ1) is 15.2. The number of nitrogens with one attached hydrogen (secondary N) is 1. The fraction of sp³-hybridized carbons (Fsp3) is 0.188. The van der Waals surface area contributed by atoms with Crippen molar-refractivity contribution in [2.75, 3.05) is 18.9 Å². The van der Waals surface area contributed by atoms with Gasteiger partial charge in [0.05, 0.1) is 12.2 Å². The van der Waals surface area contributed by atoms with Crippen LogP contribution in [-0.2, 0) is 0 Å². The molecule has 0 aliphatic carbocycles. The second-order valence-corrected chi connectivity index (χ2v) is 5.04. The Hall–Kier alpha value is -2.20. The van der Waals surface area contributed by atoms with E-state index in [4.69, 9.17) is 22.1 Å². The van der Waals surface area contributed by atoms with Crippen molar-refractivity contribution < 1.29 is 9.53 Å². The lowest BCUT2D eigenvalue weighted by Crippen LogP contribution is -2.28. The summed E-state index contributed by atoms with van der Waals surface area (Å²) in [5.41, 5.74) is 7.79. The number of benzene rings is 2. The monoisotopic (exact) mass is 304 g/mol. The number of halogens is 1. The molecule has 5 heteroatoms. The first-order valence-electron chi connectivity index (χ1n) is 6.59. The summed E-state index contributed by atoms with van der Waals surface area (Å²) in [6, 6.07) is 12.5. The van der Waals surface area contributed by atoms with Crippen molar-refractivity contribution in [2.24, 2.45) is 0 Å². The van der Waals surface area contributed by atoms with Crippen molar-refractivity contribution in [2.45, 2.75) is 6.92 Å². The molecule has 0 atom stereocenters. The third kappa shape index (κ3) is 4.13. The molecule has 0 radical (unpaired) electrons. The van der Waals surface area contributed by atoms with Gasteiger partial charge in [0, 0.05) is 10.6 Å². The summed E-state index contributed by atoms with van der Waals surface area (Å²) in [5.74, 6) is 0.449. The van der Waals surface area contributed by atoms with Crippen molar-refractivity contribution in [3.05, 3.63) is 58.6 Å². The van der Waals surface area contributed by atoms with Gasteiger partial charge in [-0.05, 0) is 36.8 Å². The topological polar surface area (TPSA) is 64.3 Å². The first-order valence-corrected chi connectivity index (χ1v) is 6.97. The molecule has 0 aliphatic heterocycles. The molecule has 3 N–H and O–H groups in total. The van der Waals surface area contributed by atoms with E-state index in [-0.39, 0.29) is 5.91 Å². The zero-order chi connectivity index (χ0) is 15.2.